The Bertz CT molecular complexity index is 857. The van der Waals surface area contributed by atoms with Crippen LogP contribution in [0, 0.1) is 0 Å². The van der Waals surface area contributed by atoms with Crippen LogP contribution in [0.2, 0.25) is 0 Å². The fraction of sp³-hybridized carbons (Fsp3) is 0.889. The van der Waals surface area contributed by atoms with Gasteiger partial charge < -0.3 is 14.0 Å². The van der Waals surface area contributed by atoms with Gasteiger partial charge in [-0.15, -0.1) is 0 Å². The van der Waals surface area contributed by atoms with Gasteiger partial charge in [0.25, 0.3) is 0 Å². The van der Waals surface area contributed by atoms with Gasteiger partial charge in [0, 0.05) is 6.42 Å². The standard InChI is InChI=1S/C18H20F16NO4/c1-35(2,3)8(10(37)39-7-14(25,26)18(33,34)16(29,30)12(21)22)4-5-9(36)38-6-13(23,24)17(31,32)15(27,28)11(19)20/h8,11-12H,4-7H2,1-3H3/q+1. The summed E-state index contributed by atoms with van der Waals surface area (Å²) in [5.41, 5.74) is 0. The fourth-order valence-electron chi connectivity index (χ4n) is 2.52. The largest absolute Gasteiger partial charge is 0.459 e. The highest BCUT2D eigenvalue weighted by molar-refractivity contribution is 5.76. The van der Waals surface area contributed by atoms with E-state index in [0.29, 0.717) is 0 Å². The van der Waals surface area contributed by atoms with Crippen molar-refractivity contribution in [3.8, 4) is 0 Å². The molecule has 232 valence electrons. The van der Waals surface area contributed by atoms with Gasteiger partial charge in [0.15, 0.2) is 19.3 Å². The summed E-state index contributed by atoms with van der Waals surface area (Å²) in [5.74, 6) is -42.6. The number of likely N-dealkylation sites (N-methyl/N-ethyl adjacent to an activating group) is 1. The first kappa shape index (κ1) is 36.8. The average Bonchev–Trinajstić information content (AvgIpc) is 2.74. The van der Waals surface area contributed by atoms with Crippen LogP contribution < -0.4 is 0 Å². The molecule has 1 unspecified atom stereocenters. The second kappa shape index (κ2) is 11.7. The zero-order chi connectivity index (χ0) is 31.6. The van der Waals surface area contributed by atoms with E-state index in [1.54, 1.807) is 0 Å². The number of esters is 2. The van der Waals surface area contributed by atoms with Gasteiger partial charge in [-0.05, 0) is 0 Å². The molecule has 0 rings (SSSR count). The zero-order valence-electron chi connectivity index (χ0n) is 19.7. The maximum Gasteiger partial charge on any atom is 0.381 e. The normalized spacial score (nSPS) is 15.5. The maximum absolute atomic E-state index is 13.6. The number of hydrogen-bond acceptors (Lipinski definition) is 4. The van der Waals surface area contributed by atoms with Gasteiger partial charge in [-0.25, -0.2) is 22.4 Å². The summed E-state index contributed by atoms with van der Waals surface area (Å²) in [6, 6.07) is -1.91. The molecule has 1 atom stereocenters. The minimum atomic E-state index is -6.72. The van der Waals surface area contributed by atoms with E-state index in [-0.39, 0.29) is 0 Å². The number of ether oxygens (including phenoxy) is 2. The van der Waals surface area contributed by atoms with E-state index in [2.05, 4.69) is 9.47 Å². The summed E-state index contributed by atoms with van der Waals surface area (Å²) in [5, 5.41) is 0. The van der Waals surface area contributed by atoms with Crippen molar-refractivity contribution in [3.05, 3.63) is 0 Å². The van der Waals surface area contributed by atoms with Gasteiger partial charge in [0.05, 0.1) is 27.6 Å². The molecule has 0 N–H and O–H groups in total. The molecule has 0 aliphatic rings. The van der Waals surface area contributed by atoms with Crippen LogP contribution in [-0.4, -0.2) is 105 Å². The second-order valence-electron chi connectivity index (χ2n) is 8.84. The van der Waals surface area contributed by atoms with Gasteiger partial charge in [-0.2, -0.15) is 52.7 Å². The summed E-state index contributed by atoms with van der Waals surface area (Å²) < 4.78 is 213. The number of rotatable bonds is 15. The van der Waals surface area contributed by atoms with Crippen molar-refractivity contribution in [1.29, 1.82) is 0 Å². The van der Waals surface area contributed by atoms with Crippen LogP contribution >= 0.6 is 0 Å². The molecule has 0 spiro atoms. The van der Waals surface area contributed by atoms with Gasteiger partial charge in [0.2, 0.25) is 0 Å². The molecule has 0 amide bonds. The van der Waals surface area contributed by atoms with Crippen LogP contribution in [0.25, 0.3) is 0 Å². The first-order valence-corrected chi connectivity index (χ1v) is 9.97. The fourth-order valence-corrected chi connectivity index (χ4v) is 2.52. The van der Waals surface area contributed by atoms with E-state index in [1.807, 2.05) is 0 Å². The number of carbonyl (C=O) groups excluding carboxylic acids is 2. The van der Waals surface area contributed by atoms with Crippen molar-refractivity contribution in [2.24, 2.45) is 0 Å². The van der Waals surface area contributed by atoms with E-state index >= 15 is 0 Å². The number of carbonyl (C=O) groups is 2. The van der Waals surface area contributed by atoms with Gasteiger partial charge >= 0.3 is 60.3 Å². The van der Waals surface area contributed by atoms with Crippen LogP contribution in [0.4, 0.5) is 70.2 Å². The Labute approximate surface area is 208 Å². The van der Waals surface area contributed by atoms with Crippen LogP contribution in [0.1, 0.15) is 12.8 Å². The van der Waals surface area contributed by atoms with Crippen LogP contribution in [0.15, 0.2) is 0 Å². The van der Waals surface area contributed by atoms with Crippen molar-refractivity contribution in [2.75, 3.05) is 34.4 Å². The lowest BCUT2D eigenvalue weighted by atomic mass is 10.1. The molecular formula is C18H20F16NO4+. The van der Waals surface area contributed by atoms with E-state index in [9.17, 15) is 79.8 Å². The van der Waals surface area contributed by atoms with Gasteiger partial charge in [-0.3, -0.25) is 4.79 Å². The van der Waals surface area contributed by atoms with E-state index < -0.39 is 96.9 Å². The molecule has 0 aromatic carbocycles. The monoisotopic (exact) mass is 618 g/mol. The molecule has 0 radical (unpaired) electrons. The molecule has 0 aliphatic heterocycles. The zero-order valence-corrected chi connectivity index (χ0v) is 19.7. The summed E-state index contributed by atoms with van der Waals surface area (Å²) >= 11 is 0. The number of halogens is 16. The number of alkyl halides is 16. The molecular weight excluding hydrogens is 598 g/mol. The number of hydrogen-bond donors (Lipinski definition) is 0. The highest BCUT2D eigenvalue weighted by Gasteiger charge is 2.76. The van der Waals surface area contributed by atoms with Crippen LogP contribution in [0.3, 0.4) is 0 Å². The van der Waals surface area contributed by atoms with Crippen molar-refractivity contribution in [1.82, 2.24) is 0 Å². The molecule has 39 heavy (non-hydrogen) atoms. The lowest BCUT2D eigenvalue weighted by Crippen LogP contribution is -2.60. The third kappa shape index (κ3) is 7.71. The number of quaternary nitrogens is 1. The van der Waals surface area contributed by atoms with Crippen LogP contribution in [0.5, 0.6) is 0 Å². The molecule has 0 fully saturated rings. The molecule has 0 aromatic rings. The first-order valence-electron chi connectivity index (χ1n) is 9.97. The highest BCUT2D eigenvalue weighted by Crippen LogP contribution is 2.49. The maximum atomic E-state index is 13.6. The average molecular weight is 618 g/mol. The summed E-state index contributed by atoms with van der Waals surface area (Å²) in [6.45, 7) is -5.73. The Kier molecular flexibility index (Phi) is 11.0. The third-order valence-corrected chi connectivity index (χ3v) is 4.94. The molecule has 5 nitrogen and oxygen atoms in total. The van der Waals surface area contributed by atoms with E-state index in [4.69, 9.17) is 0 Å². The minimum Gasteiger partial charge on any atom is -0.459 e. The van der Waals surface area contributed by atoms with Gasteiger partial charge in [-0.1, -0.05) is 0 Å². The minimum absolute atomic E-state index is 0.754. The predicted molar refractivity (Wildman–Crippen MR) is 94.7 cm³/mol. The van der Waals surface area contributed by atoms with Crippen molar-refractivity contribution < 1.29 is 93.8 Å². The lowest BCUT2D eigenvalue weighted by Gasteiger charge is -2.34. The second-order valence-corrected chi connectivity index (χ2v) is 8.84. The Morgan fingerprint density at radius 2 is 0.974 bits per heavy atom. The Morgan fingerprint density at radius 3 is 1.28 bits per heavy atom. The Morgan fingerprint density at radius 1 is 0.641 bits per heavy atom. The SMILES string of the molecule is C[N+](C)(C)C(CCC(=O)OCC(F)(F)C(F)(F)C(F)(F)C(F)F)C(=O)OCC(F)(F)C(F)(F)C(F)(F)C(F)F. The molecule has 0 aromatic heterocycles. The number of nitrogens with zero attached hydrogens (tertiary/aromatic N) is 1. The Hall–Kier alpha value is -2.22. The highest BCUT2D eigenvalue weighted by atomic mass is 19.4. The molecule has 0 bridgehead atoms. The summed E-state index contributed by atoms with van der Waals surface area (Å²) in [6.07, 6.45) is -12.8. The van der Waals surface area contributed by atoms with E-state index in [1.165, 1.54) is 0 Å². The lowest BCUT2D eigenvalue weighted by molar-refractivity contribution is -0.887. The van der Waals surface area contributed by atoms with Gasteiger partial charge in [0.1, 0.15) is 0 Å². The molecule has 0 saturated heterocycles. The summed E-state index contributed by atoms with van der Waals surface area (Å²) in [4.78, 5) is 23.7. The van der Waals surface area contributed by atoms with E-state index in [0.717, 1.165) is 21.1 Å². The van der Waals surface area contributed by atoms with Crippen molar-refractivity contribution >= 4 is 11.9 Å². The molecule has 0 saturated carbocycles. The summed E-state index contributed by atoms with van der Waals surface area (Å²) in [7, 11) is 3.16. The smallest absolute Gasteiger partial charge is 0.381 e. The van der Waals surface area contributed by atoms with Crippen LogP contribution in [-0.2, 0) is 19.1 Å². The van der Waals surface area contributed by atoms with Crippen molar-refractivity contribution in [2.45, 2.75) is 67.3 Å². The molecule has 0 aliphatic carbocycles. The molecule has 0 heterocycles. The molecule has 21 heteroatoms. The quantitative estimate of drug-likeness (QED) is 0.143. The predicted octanol–water partition coefficient (Wildman–Crippen LogP) is 5.27. The Balaban J connectivity index is 5.42. The first-order chi connectivity index (χ1) is 17.0. The van der Waals surface area contributed by atoms with Crippen molar-refractivity contribution in [3.63, 3.8) is 0 Å². The third-order valence-electron chi connectivity index (χ3n) is 4.94. The topological polar surface area (TPSA) is 52.6 Å².